The summed E-state index contributed by atoms with van der Waals surface area (Å²) in [6, 6.07) is 6.64. The number of aliphatic carboxylic acids is 1. The molecular formula is C28H34N6O9. The van der Waals surface area contributed by atoms with E-state index in [9.17, 15) is 33.9 Å². The van der Waals surface area contributed by atoms with Crippen molar-refractivity contribution in [1.82, 2.24) is 30.5 Å². The molecule has 2 aliphatic heterocycles. The first kappa shape index (κ1) is 31.0. The Labute approximate surface area is 247 Å². The Kier molecular flexibility index (Phi) is 9.95. The molecule has 0 spiro atoms. The van der Waals surface area contributed by atoms with Gasteiger partial charge in [0, 0.05) is 44.1 Å². The number of hydrogen-bond donors (Lipinski definition) is 3. The number of ether oxygens (including phenoxy) is 2. The zero-order valence-corrected chi connectivity index (χ0v) is 23.9. The van der Waals surface area contributed by atoms with Gasteiger partial charge < -0.3 is 29.7 Å². The van der Waals surface area contributed by atoms with Gasteiger partial charge in [-0.1, -0.05) is 12.1 Å². The van der Waals surface area contributed by atoms with Crippen LogP contribution in [0.4, 0.5) is 4.79 Å². The van der Waals surface area contributed by atoms with Crippen LogP contribution in [0.3, 0.4) is 0 Å². The number of aromatic nitrogens is 1. The molecule has 3 N–H and O–H groups in total. The number of hydrazine groups is 1. The Morgan fingerprint density at radius 1 is 1.12 bits per heavy atom. The van der Waals surface area contributed by atoms with Crippen LogP contribution in [-0.2, 0) is 23.9 Å². The van der Waals surface area contributed by atoms with Gasteiger partial charge in [0.2, 0.25) is 11.8 Å². The maximum absolute atomic E-state index is 13.4. The molecule has 0 bridgehead atoms. The van der Waals surface area contributed by atoms with Crippen molar-refractivity contribution in [3.63, 3.8) is 0 Å². The second-order valence-electron chi connectivity index (χ2n) is 10.1. The van der Waals surface area contributed by atoms with Gasteiger partial charge in [0.05, 0.1) is 24.6 Å². The molecule has 15 heteroatoms. The SMILES string of the molecule is CCOC(=O)N1CCN(C(=O)C(CCC(=O)O)NC(=O)c2cc(OCC(=O)N3NC(=O)CC3C)c3ccccc3n2)CC1. The summed E-state index contributed by atoms with van der Waals surface area (Å²) in [5.41, 5.74) is 2.77. The van der Waals surface area contributed by atoms with E-state index in [1.807, 2.05) is 0 Å². The molecule has 0 saturated carbocycles. The average molecular weight is 599 g/mol. The van der Waals surface area contributed by atoms with Crippen LogP contribution < -0.4 is 15.5 Å². The summed E-state index contributed by atoms with van der Waals surface area (Å²) in [4.78, 5) is 81.7. The Morgan fingerprint density at radius 2 is 1.81 bits per heavy atom. The Bertz CT molecular complexity index is 1410. The zero-order valence-electron chi connectivity index (χ0n) is 23.9. The van der Waals surface area contributed by atoms with Gasteiger partial charge in [-0.2, -0.15) is 0 Å². The predicted molar refractivity (Wildman–Crippen MR) is 150 cm³/mol. The van der Waals surface area contributed by atoms with Crippen LogP contribution in [-0.4, -0.2) is 112 Å². The number of carboxylic acid groups (broad SMARTS) is 1. The first-order chi connectivity index (χ1) is 20.6. The number of carbonyl (C=O) groups excluding carboxylic acids is 5. The molecule has 1 aromatic heterocycles. The average Bonchev–Trinajstić information content (AvgIpc) is 3.34. The number of carboxylic acids is 1. The van der Waals surface area contributed by atoms with E-state index in [1.54, 1.807) is 38.1 Å². The lowest BCUT2D eigenvalue weighted by Gasteiger charge is -2.35. The highest BCUT2D eigenvalue weighted by Crippen LogP contribution is 2.26. The molecule has 2 atom stereocenters. The lowest BCUT2D eigenvalue weighted by Crippen LogP contribution is -2.56. The van der Waals surface area contributed by atoms with Gasteiger partial charge in [0.15, 0.2) is 6.61 Å². The molecule has 2 unspecified atom stereocenters. The molecule has 2 fully saturated rings. The number of benzene rings is 1. The smallest absolute Gasteiger partial charge is 0.409 e. The van der Waals surface area contributed by atoms with Gasteiger partial charge in [-0.15, -0.1) is 0 Å². The molecule has 1 aromatic carbocycles. The minimum absolute atomic E-state index is 0.107. The van der Waals surface area contributed by atoms with E-state index in [-0.39, 0.29) is 75.4 Å². The quantitative estimate of drug-likeness (QED) is 0.348. The number of fused-ring (bicyclic) bond motifs is 1. The highest BCUT2D eigenvalue weighted by molar-refractivity contribution is 5.99. The standard InChI is InChI=1S/C28H34N6O9/c1-3-42-28(41)33-12-10-32(11-13-33)27(40)20(8-9-25(37)38)30-26(39)21-15-22(18-6-4-5-7-19(18)29-21)43-16-24(36)34-17(2)14-23(35)31-34/h4-7,15,17,20H,3,8-14,16H2,1-2H3,(H,30,39)(H,31,35)(H,37,38). The van der Waals surface area contributed by atoms with Crippen molar-refractivity contribution < 1.29 is 43.3 Å². The van der Waals surface area contributed by atoms with E-state index < -0.39 is 42.4 Å². The number of piperazine rings is 1. The lowest BCUT2D eigenvalue weighted by atomic mass is 10.1. The monoisotopic (exact) mass is 598 g/mol. The number of amides is 5. The maximum Gasteiger partial charge on any atom is 0.409 e. The molecule has 2 aromatic rings. The summed E-state index contributed by atoms with van der Waals surface area (Å²) in [5, 5.41) is 13.6. The maximum atomic E-state index is 13.4. The van der Waals surface area contributed by atoms with Gasteiger partial charge in [0.1, 0.15) is 17.5 Å². The fourth-order valence-electron chi connectivity index (χ4n) is 4.85. The largest absolute Gasteiger partial charge is 0.483 e. The molecule has 2 aliphatic rings. The molecule has 43 heavy (non-hydrogen) atoms. The van der Waals surface area contributed by atoms with Crippen LogP contribution in [0.1, 0.15) is 43.6 Å². The number of hydrogen-bond acceptors (Lipinski definition) is 9. The summed E-state index contributed by atoms with van der Waals surface area (Å²) < 4.78 is 10.8. The molecular weight excluding hydrogens is 564 g/mol. The Hall–Kier alpha value is -4.95. The molecule has 0 radical (unpaired) electrons. The van der Waals surface area contributed by atoms with Crippen molar-refractivity contribution in [2.75, 3.05) is 39.4 Å². The van der Waals surface area contributed by atoms with Gasteiger partial charge in [-0.25, -0.2) is 14.8 Å². The van der Waals surface area contributed by atoms with Crippen LogP contribution in [0.5, 0.6) is 5.75 Å². The number of pyridine rings is 1. The van der Waals surface area contributed by atoms with Crippen molar-refractivity contribution in [3.05, 3.63) is 36.0 Å². The minimum atomic E-state index is -1.17. The van der Waals surface area contributed by atoms with Gasteiger partial charge in [-0.3, -0.25) is 29.4 Å². The molecule has 3 heterocycles. The summed E-state index contributed by atoms with van der Waals surface area (Å²) in [7, 11) is 0. The predicted octanol–water partition coefficient (Wildman–Crippen LogP) is 0.530. The number of rotatable bonds is 10. The van der Waals surface area contributed by atoms with E-state index in [0.717, 1.165) is 0 Å². The number of nitrogens with one attached hydrogen (secondary N) is 2. The number of para-hydroxylation sites is 1. The van der Waals surface area contributed by atoms with Crippen molar-refractivity contribution in [2.24, 2.45) is 0 Å². The van der Waals surface area contributed by atoms with Gasteiger partial charge in [0.25, 0.3) is 11.8 Å². The van der Waals surface area contributed by atoms with E-state index in [4.69, 9.17) is 9.47 Å². The van der Waals surface area contributed by atoms with E-state index in [0.29, 0.717) is 10.9 Å². The fourth-order valence-corrected chi connectivity index (χ4v) is 4.85. The Morgan fingerprint density at radius 3 is 2.47 bits per heavy atom. The fraction of sp³-hybridized carbons (Fsp3) is 0.464. The molecule has 230 valence electrons. The second kappa shape index (κ2) is 13.8. The third-order valence-electron chi connectivity index (χ3n) is 7.07. The zero-order chi connectivity index (χ0) is 31.1. The normalized spacial score (nSPS) is 17.3. The molecule has 0 aliphatic carbocycles. The van der Waals surface area contributed by atoms with Crippen molar-refractivity contribution in [3.8, 4) is 5.75 Å². The highest BCUT2D eigenvalue weighted by atomic mass is 16.6. The Balaban J connectivity index is 1.49. The third kappa shape index (κ3) is 7.67. The third-order valence-corrected chi connectivity index (χ3v) is 7.07. The summed E-state index contributed by atoms with van der Waals surface area (Å²) in [6.07, 6.45) is -0.834. The van der Waals surface area contributed by atoms with E-state index in [1.165, 1.54) is 20.9 Å². The minimum Gasteiger partial charge on any atom is -0.483 e. The topological polar surface area (TPSA) is 188 Å². The molecule has 5 amide bonds. The molecule has 4 rings (SSSR count). The number of carbonyl (C=O) groups is 6. The van der Waals surface area contributed by atoms with Crippen LogP contribution in [0.25, 0.3) is 10.9 Å². The van der Waals surface area contributed by atoms with E-state index in [2.05, 4.69) is 15.7 Å². The molecule has 15 nitrogen and oxygen atoms in total. The van der Waals surface area contributed by atoms with Crippen LogP contribution in [0.2, 0.25) is 0 Å². The van der Waals surface area contributed by atoms with Gasteiger partial charge in [-0.05, 0) is 32.4 Å². The summed E-state index contributed by atoms with van der Waals surface area (Å²) in [5.74, 6) is -2.92. The van der Waals surface area contributed by atoms with Crippen LogP contribution in [0, 0.1) is 0 Å². The van der Waals surface area contributed by atoms with Crippen molar-refractivity contribution in [2.45, 2.75) is 45.2 Å². The van der Waals surface area contributed by atoms with Crippen molar-refractivity contribution >= 4 is 46.6 Å². The summed E-state index contributed by atoms with van der Waals surface area (Å²) in [6.45, 7) is 4.07. The first-order valence-corrected chi connectivity index (χ1v) is 13.9. The highest BCUT2D eigenvalue weighted by Gasteiger charge is 2.32. The summed E-state index contributed by atoms with van der Waals surface area (Å²) >= 11 is 0. The lowest BCUT2D eigenvalue weighted by molar-refractivity contribution is -0.139. The van der Waals surface area contributed by atoms with Gasteiger partial charge >= 0.3 is 12.1 Å². The molecule has 2 saturated heterocycles. The van der Waals surface area contributed by atoms with Crippen molar-refractivity contribution in [1.29, 1.82) is 0 Å². The first-order valence-electron chi connectivity index (χ1n) is 13.9. The van der Waals surface area contributed by atoms with E-state index >= 15 is 0 Å². The van der Waals surface area contributed by atoms with Crippen LogP contribution in [0.15, 0.2) is 30.3 Å². The second-order valence-corrected chi connectivity index (χ2v) is 10.1. The number of nitrogens with zero attached hydrogens (tertiary/aromatic N) is 4. The van der Waals surface area contributed by atoms with Crippen LogP contribution >= 0.6 is 0 Å².